The molecule has 13 nitrogen and oxygen atoms in total. The molecule has 1 amide bonds. The fourth-order valence-electron chi connectivity index (χ4n) is 2.35. The van der Waals surface area contributed by atoms with Crippen LogP contribution in [0.5, 0.6) is 0 Å². The third-order valence-electron chi connectivity index (χ3n) is 3.73. The highest BCUT2D eigenvalue weighted by atomic mass is 31.2. The Hall–Kier alpha value is -0.700. The molecule has 1 aliphatic heterocycles. The minimum Gasteiger partial charge on any atom is -0.394 e. The normalized spacial score (nSPS) is 28.3. The molecule has 1 saturated heterocycles. The summed E-state index contributed by atoms with van der Waals surface area (Å²) in [6, 6.07) is -1.48. The number of phosphoric ester groups is 1. The average Bonchev–Trinajstić information content (AvgIpc) is 2.62. The number of nitrogens with one attached hydrogen (secondary N) is 1. The summed E-state index contributed by atoms with van der Waals surface area (Å²) in [5, 5.41) is 31.4. The quantitative estimate of drug-likeness (QED) is 0.128. The summed E-state index contributed by atoms with van der Waals surface area (Å²) in [6.07, 6.45) is -6.56. The molecule has 0 aromatic heterocycles. The molecule has 6 N–H and O–H groups in total. The van der Waals surface area contributed by atoms with Crippen molar-refractivity contribution in [2.75, 3.05) is 46.8 Å². The van der Waals surface area contributed by atoms with E-state index in [2.05, 4.69) is 9.84 Å². The zero-order chi connectivity index (χ0) is 21.2. The molecule has 0 saturated carbocycles. The van der Waals surface area contributed by atoms with Gasteiger partial charge >= 0.3 is 7.82 Å². The zero-order valence-electron chi connectivity index (χ0n) is 15.4. The van der Waals surface area contributed by atoms with Gasteiger partial charge in [-0.15, -0.1) is 0 Å². The Morgan fingerprint density at radius 1 is 1.07 bits per heavy atom. The van der Waals surface area contributed by atoms with Crippen molar-refractivity contribution < 1.29 is 57.9 Å². The van der Waals surface area contributed by atoms with Crippen LogP contribution >= 0.6 is 7.82 Å². The van der Waals surface area contributed by atoms with Crippen molar-refractivity contribution >= 4 is 13.7 Å². The van der Waals surface area contributed by atoms with E-state index in [1.807, 2.05) is 0 Å². The van der Waals surface area contributed by atoms with Crippen LogP contribution in [0.1, 0.15) is 6.42 Å². The molecule has 0 aliphatic carbocycles. The van der Waals surface area contributed by atoms with Crippen LogP contribution < -0.4 is 5.32 Å². The van der Waals surface area contributed by atoms with E-state index in [0.717, 1.165) is 0 Å². The Morgan fingerprint density at radius 3 is 2.25 bits per heavy atom. The summed E-state index contributed by atoms with van der Waals surface area (Å²) in [6.45, 7) is 0.711. The van der Waals surface area contributed by atoms with Gasteiger partial charge in [-0.1, -0.05) is 0 Å². The average molecular weight is 433 g/mol. The van der Waals surface area contributed by atoms with Crippen molar-refractivity contribution in [1.82, 2.24) is 5.32 Å². The van der Waals surface area contributed by atoms with Gasteiger partial charge in [0.2, 0.25) is 5.91 Å². The van der Waals surface area contributed by atoms with Gasteiger partial charge in [0.05, 0.1) is 39.6 Å². The van der Waals surface area contributed by atoms with Crippen molar-refractivity contribution in [3.8, 4) is 0 Å². The molecular formula is C14H28NO12P. The summed E-state index contributed by atoms with van der Waals surface area (Å²) in [5.74, 6) is -0.637. The van der Waals surface area contributed by atoms with Crippen LogP contribution in [0.4, 0.5) is 0 Å². The van der Waals surface area contributed by atoms with Gasteiger partial charge in [0.15, 0.2) is 6.29 Å². The first kappa shape index (κ1) is 25.3. The molecule has 0 spiro atoms. The minimum atomic E-state index is -5.04. The van der Waals surface area contributed by atoms with Crippen LogP contribution in [0, 0.1) is 0 Å². The molecule has 0 aromatic carbocycles. The molecule has 0 bridgehead atoms. The molecule has 1 heterocycles. The minimum absolute atomic E-state index is 0.0228. The fourth-order valence-corrected chi connectivity index (χ4v) is 2.80. The van der Waals surface area contributed by atoms with E-state index in [9.17, 15) is 19.6 Å². The molecule has 5 atom stereocenters. The van der Waals surface area contributed by atoms with Crippen molar-refractivity contribution in [3.63, 3.8) is 0 Å². The standard InChI is InChI=1S/C14H28NO12P/c1-23-4-5-25-7-6-24-3-2-10(17)15-11-13(19)12(18)9(8-16)26-14(11)27-28(20,21)22/h9,11-14,16,18-19H,2-8H2,1H3,(H,15,17)(H2,20,21,22)/t9?,11?,12-,13+,14+/m0/s1. The van der Waals surface area contributed by atoms with Crippen LogP contribution in [0.15, 0.2) is 0 Å². The summed E-state index contributed by atoms with van der Waals surface area (Å²) in [4.78, 5) is 29.9. The smallest absolute Gasteiger partial charge is 0.394 e. The van der Waals surface area contributed by atoms with Gasteiger partial charge in [-0.05, 0) is 0 Å². The lowest BCUT2D eigenvalue weighted by atomic mass is 9.97. The number of carbonyl (C=O) groups is 1. The third kappa shape index (κ3) is 9.20. The van der Waals surface area contributed by atoms with Crippen LogP contribution in [-0.2, 0) is 32.8 Å². The summed E-state index contributed by atoms with van der Waals surface area (Å²) >= 11 is 0. The molecule has 1 fully saturated rings. The molecule has 2 unspecified atom stereocenters. The molecular weight excluding hydrogens is 405 g/mol. The largest absolute Gasteiger partial charge is 0.472 e. The maximum Gasteiger partial charge on any atom is 0.472 e. The van der Waals surface area contributed by atoms with Gasteiger partial charge in [0, 0.05) is 13.5 Å². The molecule has 0 aromatic rings. The number of hydrogen-bond acceptors (Lipinski definition) is 10. The number of aliphatic hydroxyl groups excluding tert-OH is 3. The number of rotatable bonds is 13. The van der Waals surface area contributed by atoms with E-state index in [-0.39, 0.29) is 19.6 Å². The Bertz CT molecular complexity index is 503. The third-order valence-corrected chi connectivity index (χ3v) is 4.21. The lowest BCUT2D eigenvalue weighted by molar-refractivity contribution is -0.248. The predicted molar refractivity (Wildman–Crippen MR) is 91.0 cm³/mol. The second kappa shape index (κ2) is 12.8. The second-order valence-corrected chi connectivity index (χ2v) is 7.06. The van der Waals surface area contributed by atoms with Gasteiger partial charge in [-0.3, -0.25) is 9.32 Å². The summed E-state index contributed by atoms with van der Waals surface area (Å²) in [7, 11) is -3.49. The summed E-state index contributed by atoms with van der Waals surface area (Å²) in [5.41, 5.74) is 0. The predicted octanol–water partition coefficient (Wildman–Crippen LogP) is -2.91. The second-order valence-electron chi connectivity index (χ2n) is 5.86. The van der Waals surface area contributed by atoms with Crippen LogP contribution in [0.3, 0.4) is 0 Å². The first-order valence-corrected chi connectivity index (χ1v) is 10.0. The van der Waals surface area contributed by atoms with Gasteiger partial charge in [-0.2, -0.15) is 0 Å². The number of carbonyl (C=O) groups excluding carboxylic acids is 1. The van der Waals surface area contributed by atoms with Crippen LogP contribution in [0.2, 0.25) is 0 Å². The lowest BCUT2D eigenvalue weighted by Crippen LogP contribution is -2.64. The van der Waals surface area contributed by atoms with Crippen molar-refractivity contribution in [1.29, 1.82) is 0 Å². The lowest BCUT2D eigenvalue weighted by Gasteiger charge is -2.41. The maximum absolute atomic E-state index is 12.0. The fraction of sp³-hybridized carbons (Fsp3) is 0.929. The summed E-state index contributed by atoms with van der Waals surface area (Å²) < 4.78 is 35.7. The van der Waals surface area contributed by atoms with E-state index in [1.165, 1.54) is 0 Å². The highest BCUT2D eigenvalue weighted by molar-refractivity contribution is 7.46. The maximum atomic E-state index is 12.0. The number of hydrogen-bond donors (Lipinski definition) is 6. The number of ether oxygens (including phenoxy) is 4. The number of phosphoric acid groups is 1. The molecule has 166 valence electrons. The molecule has 14 heteroatoms. The Labute approximate surface area is 161 Å². The van der Waals surface area contributed by atoms with Crippen LogP contribution in [0.25, 0.3) is 0 Å². The number of aliphatic hydroxyl groups is 3. The van der Waals surface area contributed by atoms with Crippen LogP contribution in [-0.4, -0.2) is 108 Å². The van der Waals surface area contributed by atoms with Gasteiger partial charge in [-0.25, -0.2) is 4.57 Å². The van der Waals surface area contributed by atoms with E-state index < -0.39 is 51.0 Å². The van der Waals surface area contributed by atoms with Gasteiger partial charge < -0.3 is 49.4 Å². The first-order chi connectivity index (χ1) is 13.2. The SMILES string of the molecule is COCCOCCOCCC(=O)NC1[C@@H](OP(=O)(O)O)OC(CO)[C@H](O)[C@@H]1O. The van der Waals surface area contributed by atoms with E-state index in [0.29, 0.717) is 19.8 Å². The molecule has 0 radical (unpaired) electrons. The highest BCUT2D eigenvalue weighted by Gasteiger charge is 2.47. The van der Waals surface area contributed by atoms with E-state index in [4.69, 9.17) is 33.8 Å². The highest BCUT2D eigenvalue weighted by Crippen LogP contribution is 2.40. The van der Waals surface area contributed by atoms with Crippen molar-refractivity contribution in [2.45, 2.75) is 37.1 Å². The van der Waals surface area contributed by atoms with Gasteiger partial charge in [0.25, 0.3) is 0 Å². The topological polar surface area (TPSA) is 193 Å². The van der Waals surface area contributed by atoms with E-state index >= 15 is 0 Å². The van der Waals surface area contributed by atoms with Crippen molar-refractivity contribution in [3.05, 3.63) is 0 Å². The monoisotopic (exact) mass is 433 g/mol. The Kier molecular flexibility index (Phi) is 11.6. The Balaban J connectivity index is 2.48. The van der Waals surface area contributed by atoms with E-state index in [1.54, 1.807) is 7.11 Å². The first-order valence-electron chi connectivity index (χ1n) is 8.49. The number of methoxy groups -OCH3 is 1. The van der Waals surface area contributed by atoms with Crippen molar-refractivity contribution in [2.24, 2.45) is 0 Å². The van der Waals surface area contributed by atoms with Gasteiger partial charge in [0.1, 0.15) is 24.4 Å². The zero-order valence-corrected chi connectivity index (χ0v) is 16.3. The Morgan fingerprint density at radius 2 is 1.68 bits per heavy atom. The number of amides is 1. The molecule has 28 heavy (non-hydrogen) atoms. The molecule has 1 rings (SSSR count). The molecule has 1 aliphatic rings.